The van der Waals surface area contributed by atoms with Gasteiger partial charge in [-0.25, -0.2) is 0 Å². The quantitative estimate of drug-likeness (QED) is 0.406. The number of carbonyl (C=O) groups excluding carboxylic acids is 1. The van der Waals surface area contributed by atoms with Gasteiger partial charge in [0.1, 0.15) is 0 Å². The highest BCUT2D eigenvalue weighted by molar-refractivity contribution is 6.36. The first-order chi connectivity index (χ1) is 17.9. The Balaban J connectivity index is 1.48. The molecule has 1 fully saturated rings. The molecule has 5 heterocycles. The fourth-order valence-electron chi connectivity index (χ4n) is 5.90. The second-order valence-corrected chi connectivity index (χ2v) is 10.5. The van der Waals surface area contributed by atoms with Crippen molar-refractivity contribution in [3.05, 3.63) is 58.7 Å². The summed E-state index contributed by atoms with van der Waals surface area (Å²) in [5.74, 6) is 0.926. The van der Waals surface area contributed by atoms with Crippen molar-refractivity contribution in [3.8, 4) is 11.1 Å². The number of carbonyl (C=O) groups is 1. The minimum Gasteiger partial charge on any atom is -0.348 e. The van der Waals surface area contributed by atoms with Crippen LogP contribution in [0.1, 0.15) is 41.4 Å². The molecule has 3 aromatic heterocycles. The van der Waals surface area contributed by atoms with Crippen molar-refractivity contribution < 1.29 is 4.79 Å². The van der Waals surface area contributed by atoms with Crippen molar-refractivity contribution in [2.45, 2.75) is 45.7 Å². The third kappa shape index (κ3) is 3.83. The number of amides is 1. The Morgan fingerprint density at radius 3 is 2.73 bits per heavy atom. The normalized spacial score (nSPS) is 16.4. The first-order valence-corrected chi connectivity index (χ1v) is 13.1. The van der Waals surface area contributed by atoms with Gasteiger partial charge in [0.2, 0.25) is 5.91 Å². The molecule has 1 saturated heterocycles. The Kier molecular flexibility index (Phi) is 5.82. The molecule has 0 aliphatic carbocycles. The average molecular weight is 519 g/mol. The van der Waals surface area contributed by atoms with Crippen LogP contribution in [0.25, 0.3) is 22.0 Å². The van der Waals surface area contributed by atoms with Gasteiger partial charge in [0, 0.05) is 48.9 Å². The molecule has 1 aromatic carbocycles. The number of aromatic nitrogens is 6. The van der Waals surface area contributed by atoms with Crippen molar-refractivity contribution in [2.75, 3.05) is 24.5 Å². The number of aromatic amines is 1. The van der Waals surface area contributed by atoms with Crippen LogP contribution in [0, 0.1) is 13.8 Å². The highest BCUT2D eigenvalue weighted by atomic mass is 35.5. The third-order valence-electron chi connectivity index (χ3n) is 7.98. The van der Waals surface area contributed by atoms with E-state index in [-0.39, 0.29) is 11.9 Å². The lowest BCUT2D eigenvalue weighted by atomic mass is 9.97. The number of benzene rings is 1. The summed E-state index contributed by atoms with van der Waals surface area (Å²) in [6.45, 7) is 10.8. The van der Waals surface area contributed by atoms with Crippen molar-refractivity contribution in [2.24, 2.45) is 7.05 Å². The van der Waals surface area contributed by atoms with E-state index in [9.17, 15) is 4.79 Å². The van der Waals surface area contributed by atoms with Crippen LogP contribution in [0.4, 0.5) is 5.82 Å². The van der Waals surface area contributed by atoms with Gasteiger partial charge in [0.15, 0.2) is 5.82 Å². The number of halogens is 1. The number of hydrogen-bond acceptors (Lipinski definition) is 5. The molecule has 0 unspecified atom stereocenters. The monoisotopic (exact) mass is 518 g/mol. The van der Waals surface area contributed by atoms with E-state index in [4.69, 9.17) is 16.7 Å². The maximum atomic E-state index is 12.1. The minimum atomic E-state index is -0.00814. The first-order valence-electron chi connectivity index (χ1n) is 12.7. The van der Waals surface area contributed by atoms with Crippen LogP contribution in [-0.2, 0) is 24.8 Å². The Hall–Kier alpha value is -3.59. The zero-order chi connectivity index (χ0) is 25.8. The zero-order valence-electron chi connectivity index (χ0n) is 21.5. The van der Waals surface area contributed by atoms with Gasteiger partial charge in [-0.1, -0.05) is 18.2 Å². The molecule has 0 radical (unpaired) electrons. The number of likely N-dealkylation sites (tertiary alicyclic amines) is 1. The number of aryl methyl sites for hydroxylation is 2. The zero-order valence-corrected chi connectivity index (χ0v) is 22.2. The number of rotatable bonds is 4. The van der Waals surface area contributed by atoms with Crippen molar-refractivity contribution >= 4 is 34.2 Å². The van der Waals surface area contributed by atoms with E-state index in [1.165, 1.54) is 17.3 Å². The Labute approximate surface area is 220 Å². The molecule has 0 saturated carbocycles. The standard InChI is InChI=1S/C27H31ClN8O/c1-5-23(37)34-10-7-19(8-11-34)36-17(3)24(25-20-14-29-31-21(20)12-16(2)26(25)28)27(32-36)35-9-6-18-13-30-33(4)22(18)15-35/h5,12-14,19H,1,6-11,15H2,2-4H3,(H,29,31). The number of nitrogens with one attached hydrogen (secondary N) is 1. The molecule has 2 aliphatic heterocycles. The molecule has 4 aromatic rings. The SMILES string of the molecule is C=CC(=O)N1CCC(n2nc(N3CCc4cnn(C)c4C3)c(-c3c(Cl)c(C)cc4[nH]ncc34)c2C)CC1. The van der Waals surface area contributed by atoms with E-state index < -0.39 is 0 Å². The number of H-pyrrole nitrogens is 1. The van der Waals surface area contributed by atoms with Gasteiger partial charge in [-0.15, -0.1) is 0 Å². The minimum absolute atomic E-state index is 0.00814. The predicted octanol–water partition coefficient (Wildman–Crippen LogP) is 4.34. The first kappa shape index (κ1) is 23.8. The van der Waals surface area contributed by atoms with E-state index in [2.05, 4.69) is 38.4 Å². The molecule has 192 valence electrons. The van der Waals surface area contributed by atoms with Crippen LogP contribution in [0.15, 0.2) is 31.1 Å². The van der Waals surface area contributed by atoms with Crippen LogP contribution in [-0.4, -0.2) is 60.2 Å². The van der Waals surface area contributed by atoms with Gasteiger partial charge in [-0.2, -0.15) is 15.3 Å². The number of anilines is 1. The summed E-state index contributed by atoms with van der Waals surface area (Å²) in [4.78, 5) is 16.4. The lowest BCUT2D eigenvalue weighted by Crippen LogP contribution is -2.38. The molecule has 1 amide bonds. The van der Waals surface area contributed by atoms with Crippen LogP contribution < -0.4 is 4.90 Å². The summed E-state index contributed by atoms with van der Waals surface area (Å²) in [6.07, 6.45) is 7.83. The summed E-state index contributed by atoms with van der Waals surface area (Å²) >= 11 is 7.04. The second kappa shape index (κ2) is 9.06. The molecule has 37 heavy (non-hydrogen) atoms. The van der Waals surface area contributed by atoms with E-state index in [0.29, 0.717) is 13.1 Å². The largest absolute Gasteiger partial charge is 0.348 e. The van der Waals surface area contributed by atoms with E-state index in [1.807, 2.05) is 42.0 Å². The molecule has 1 N–H and O–H groups in total. The Bertz CT molecular complexity index is 1520. The van der Waals surface area contributed by atoms with Gasteiger partial charge < -0.3 is 9.80 Å². The fraction of sp³-hybridized carbons (Fsp3) is 0.407. The maximum Gasteiger partial charge on any atom is 0.245 e. The number of hydrogen-bond donors (Lipinski definition) is 1. The van der Waals surface area contributed by atoms with E-state index in [1.54, 1.807) is 0 Å². The van der Waals surface area contributed by atoms with Gasteiger partial charge in [0.25, 0.3) is 0 Å². The topological polar surface area (TPSA) is 87.9 Å². The van der Waals surface area contributed by atoms with Crippen LogP contribution in [0.3, 0.4) is 0 Å². The molecule has 0 spiro atoms. The number of fused-ring (bicyclic) bond motifs is 2. The van der Waals surface area contributed by atoms with E-state index >= 15 is 0 Å². The van der Waals surface area contributed by atoms with Crippen LogP contribution in [0.2, 0.25) is 5.02 Å². The predicted molar refractivity (Wildman–Crippen MR) is 145 cm³/mol. The second-order valence-electron chi connectivity index (χ2n) is 10.1. The Morgan fingerprint density at radius 2 is 1.97 bits per heavy atom. The number of nitrogens with zero attached hydrogens (tertiary/aromatic N) is 7. The summed E-state index contributed by atoms with van der Waals surface area (Å²) < 4.78 is 4.13. The maximum absolute atomic E-state index is 12.1. The summed E-state index contributed by atoms with van der Waals surface area (Å²) in [5.41, 5.74) is 7.56. The van der Waals surface area contributed by atoms with Crippen LogP contribution >= 0.6 is 11.6 Å². The molecular formula is C27H31ClN8O. The van der Waals surface area contributed by atoms with Crippen molar-refractivity contribution in [1.82, 2.24) is 34.7 Å². The molecular weight excluding hydrogens is 488 g/mol. The summed E-state index contributed by atoms with van der Waals surface area (Å²) in [6, 6.07) is 2.24. The van der Waals surface area contributed by atoms with E-state index in [0.717, 1.165) is 76.5 Å². The van der Waals surface area contributed by atoms with Gasteiger partial charge in [-0.05, 0) is 56.4 Å². The number of piperidine rings is 1. The molecule has 0 atom stereocenters. The highest BCUT2D eigenvalue weighted by Gasteiger charge is 2.32. The third-order valence-corrected chi connectivity index (χ3v) is 8.47. The van der Waals surface area contributed by atoms with Gasteiger partial charge >= 0.3 is 0 Å². The molecule has 9 nitrogen and oxygen atoms in total. The fourth-order valence-corrected chi connectivity index (χ4v) is 6.15. The smallest absolute Gasteiger partial charge is 0.245 e. The van der Waals surface area contributed by atoms with Gasteiger partial charge in [0.05, 0.1) is 41.2 Å². The lowest BCUT2D eigenvalue weighted by molar-refractivity contribution is -0.127. The molecule has 0 bridgehead atoms. The van der Waals surface area contributed by atoms with Gasteiger partial charge in [-0.3, -0.25) is 19.3 Å². The Morgan fingerprint density at radius 1 is 1.19 bits per heavy atom. The van der Waals surface area contributed by atoms with Crippen LogP contribution in [0.5, 0.6) is 0 Å². The van der Waals surface area contributed by atoms with Crippen molar-refractivity contribution in [3.63, 3.8) is 0 Å². The molecule has 2 aliphatic rings. The summed E-state index contributed by atoms with van der Waals surface area (Å²) in [7, 11) is 2.00. The molecule has 10 heteroatoms. The molecule has 6 rings (SSSR count). The lowest BCUT2D eigenvalue weighted by Gasteiger charge is -2.32. The average Bonchev–Trinajstić information content (AvgIpc) is 3.62. The highest BCUT2D eigenvalue weighted by Crippen LogP contribution is 2.45. The summed E-state index contributed by atoms with van der Waals surface area (Å²) in [5, 5.41) is 18.9. The van der Waals surface area contributed by atoms with Crippen molar-refractivity contribution in [1.29, 1.82) is 0 Å².